The van der Waals surface area contributed by atoms with E-state index < -0.39 is 22.3 Å². The Morgan fingerprint density at radius 2 is 1.70 bits per heavy atom. The maximum atomic E-state index is 13.4. The Hall–Kier alpha value is -0.919. The predicted octanol–water partition coefficient (Wildman–Crippen LogP) is 5.13. The molecule has 1 saturated carbocycles. The highest BCUT2D eigenvalue weighted by Crippen LogP contribution is 2.75. The molecular weight excluding hydrogens is 379 g/mol. The largest absolute Gasteiger partial charge is 0.369 e. The van der Waals surface area contributed by atoms with Crippen LogP contribution >= 0.6 is 0 Å². The second-order valence-corrected chi connectivity index (χ2v) is 38.9. The maximum absolute atomic E-state index is 13.4. The molecule has 0 spiro atoms. The van der Waals surface area contributed by atoms with Crippen LogP contribution in [0.25, 0.3) is 6.08 Å². The molecule has 0 bridgehead atoms. The van der Waals surface area contributed by atoms with Gasteiger partial charge in [0.25, 0.3) is 0 Å². The molecule has 2 atom stereocenters. The lowest BCUT2D eigenvalue weighted by molar-refractivity contribution is -0.121. The van der Waals surface area contributed by atoms with Crippen LogP contribution in [0.4, 0.5) is 0 Å². The van der Waals surface area contributed by atoms with Crippen molar-refractivity contribution >= 4 is 34.3 Å². The van der Waals surface area contributed by atoms with Crippen molar-refractivity contribution in [1.29, 1.82) is 0 Å². The zero-order valence-corrected chi connectivity index (χ0v) is 21.1. The van der Waals surface area contributed by atoms with E-state index in [0.717, 1.165) is 19.3 Å². The van der Waals surface area contributed by atoms with Crippen LogP contribution in [-0.4, -0.2) is 28.2 Å². The molecule has 2 aliphatic carbocycles. The summed E-state index contributed by atoms with van der Waals surface area (Å²) in [6, 6.07) is 6.93. The van der Waals surface area contributed by atoms with Crippen molar-refractivity contribution in [3.8, 4) is 0 Å². The van der Waals surface area contributed by atoms with Gasteiger partial charge in [0.2, 0.25) is 5.91 Å². The lowest BCUT2D eigenvalue weighted by atomic mass is 9.82. The lowest BCUT2D eigenvalue weighted by Gasteiger charge is -2.50. The smallest absolute Gasteiger partial charge is 0.221 e. The number of nitrogens with two attached hydrogens (primary N) is 1. The van der Waals surface area contributed by atoms with Gasteiger partial charge in [0.15, 0.2) is 0 Å². The Labute approximate surface area is 167 Å². The molecule has 1 aliphatic heterocycles. The van der Waals surface area contributed by atoms with Crippen LogP contribution in [0.2, 0.25) is 44.3 Å². The van der Waals surface area contributed by atoms with Gasteiger partial charge in [-0.2, -0.15) is 0 Å². The van der Waals surface area contributed by atoms with E-state index in [1.807, 2.05) is 0 Å². The van der Waals surface area contributed by atoms with Crippen LogP contribution < -0.4 is 5.73 Å². The van der Waals surface area contributed by atoms with Crippen LogP contribution in [0, 0.1) is 0 Å². The minimum absolute atomic E-state index is 0.0315. The second kappa shape index (κ2) is 5.36. The zero-order valence-electron chi connectivity index (χ0n) is 18.1. The van der Waals surface area contributed by atoms with Crippen LogP contribution in [0.3, 0.4) is 0 Å². The minimum atomic E-state index is -1.85. The van der Waals surface area contributed by atoms with Crippen molar-refractivity contribution < 1.29 is 4.79 Å². The third kappa shape index (κ3) is 1.80. The van der Waals surface area contributed by atoms with E-state index >= 15 is 0 Å². The molecule has 5 heteroatoms. The molecule has 2 nitrogen and oxygen atoms in total. The van der Waals surface area contributed by atoms with Crippen molar-refractivity contribution in [2.45, 2.75) is 82.0 Å². The number of rotatable bonds is 2. The number of hydrogen-bond acceptors (Lipinski definition) is 1. The molecule has 0 aromatic heterocycles. The van der Waals surface area contributed by atoms with Gasteiger partial charge < -0.3 is 5.73 Å². The average molecular weight is 414 g/mol. The molecule has 0 radical (unpaired) electrons. The number of primary amides is 1. The van der Waals surface area contributed by atoms with E-state index in [2.05, 4.69) is 70.5 Å². The number of benzene rings is 1. The summed E-state index contributed by atoms with van der Waals surface area (Å²) in [5, 5.41) is -0.228. The van der Waals surface area contributed by atoms with Gasteiger partial charge in [-0.1, -0.05) is 75.6 Å². The molecule has 27 heavy (non-hydrogen) atoms. The van der Waals surface area contributed by atoms with E-state index in [0.29, 0.717) is 0 Å². The number of hydrogen-bond donors (Lipinski definition) is 1. The Bertz CT molecular complexity index is 886. The van der Waals surface area contributed by atoms with Crippen molar-refractivity contribution in [2.24, 2.45) is 5.73 Å². The third-order valence-corrected chi connectivity index (χ3v) is 55.2. The molecular formula is C22H35NOSi3. The summed E-state index contributed by atoms with van der Waals surface area (Å²) in [4.78, 5) is 13.4. The molecule has 1 aromatic rings. The highest BCUT2D eigenvalue weighted by molar-refractivity contribution is 7.72. The average Bonchev–Trinajstić information content (AvgIpc) is 3.16. The van der Waals surface area contributed by atoms with E-state index in [1.165, 1.54) is 28.7 Å². The van der Waals surface area contributed by atoms with E-state index in [1.54, 1.807) is 0 Å². The molecule has 1 saturated heterocycles. The first-order chi connectivity index (χ1) is 12.4. The Morgan fingerprint density at radius 1 is 1.04 bits per heavy atom. The van der Waals surface area contributed by atoms with Gasteiger partial charge in [-0.3, -0.25) is 4.79 Å². The lowest BCUT2D eigenvalue weighted by Crippen LogP contribution is -2.68. The molecule has 1 aromatic carbocycles. The van der Waals surface area contributed by atoms with Gasteiger partial charge in [0.1, 0.15) is 0 Å². The summed E-state index contributed by atoms with van der Waals surface area (Å²) >= 11 is 0. The number of allylic oxidation sites excluding steroid dienone is 1. The van der Waals surface area contributed by atoms with E-state index in [4.69, 9.17) is 5.73 Å². The molecule has 2 N–H and O–H groups in total. The Kier molecular flexibility index (Phi) is 3.85. The fourth-order valence-corrected chi connectivity index (χ4v) is 51.7. The maximum Gasteiger partial charge on any atom is 0.221 e. The fourth-order valence-electron chi connectivity index (χ4n) is 7.84. The summed E-state index contributed by atoms with van der Waals surface area (Å²) in [5.74, 6) is 0.0339. The van der Waals surface area contributed by atoms with E-state index in [9.17, 15) is 4.79 Å². The molecule has 2 unspecified atom stereocenters. The molecule has 1 amide bonds. The summed E-state index contributed by atoms with van der Waals surface area (Å²) in [6.07, 6.45) is 6.83. The van der Waals surface area contributed by atoms with Gasteiger partial charge in [0.05, 0.1) is 15.2 Å². The number of carbonyl (C=O) groups is 1. The van der Waals surface area contributed by atoms with Gasteiger partial charge >= 0.3 is 0 Å². The third-order valence-electron chi connectivity index (χ3n) is 10.0. The van der Waals surface area contributed by atoms with Crippen molar-refractivity contribution in [1.82, 2.24) is 0 Å². The van der Waals surface area contributed by atoms with Gasteiger partial charge in [-0.05, 0) is 47.9 Å². The van der Waals surface area contributed by atoms with Gasteiger partial charge in [-0.25, -0.2) is 0 Å². The summed E-state index contributed by atoms with van der Waals surface area (Å²) in [6.45, 7) is 17.8. The van der Waals surface area contributed by atoms with Crippen molar-refractivity contribution in [3.05, 3.63) is 40.5 Å². The summed E-state index contributed by atoms with van der Waals surface area (Å²) in [7, 11) is -5.17. The first-order valence-electron chi connectivity index (χ1n) is 10.5. The Morgan fingerprint density at radius 3 is 2.33 bits per heavy atom. The zero-order chi connectivity index (χ0) is 20.0. The molecule has 146 valence electrons. The van der Waals surface area contributed by atoms with Crippen molar-refractivity contribution in [2.75, 3.05) is 0 Å². The highest BCUT2D eigenvalue weighted by atomic mass is 29.6. The molecule has 2 fully saturated rings. The summed E-state index contributed by atoms with van der Waals surface area (Å²) < 4.78 is 0. The van der Waals surface area contributed by atoms with Gasteiger partial charge in [0, 0.05) is 12.1 Å². The molecule has 3 aliphatic rings. The predicted molar refractivity (Wildman–Crippen MR) is 124 cm³/mol. The van der Waals surface area contributed by atoms with E-state index in [-0.39, 0.29) is 16.0 Å². The molecule has 1 heterocycles. The monoisotopic (exact) mass is 413 g/mol. The topological polar surface area (TPSA) is 43.1 Å². The van der Waals surface area contributed by atoms with Crippen molar-refractivity contribution in [3.63, 3.8) is 0 Å². The second-order valence-electron chi connectivity index (χ2n) is 10.9. The summed E-state index contributed by atoms with van der Waals surface area (Å²) in [5.41, 5.74) is 12.3. The quantitative estimate of drug-likeness (QED) is 0.671. The minimum Gasteiger partial charge on any atom is -0.369 e. The number of carbonyl (C=O) groups excluding carboxylic acids is 1. The number of amides is 1. The SMILES string of the molecule is CC1=Cc2c(cccc2C23CCCC2(C(N)=O)[Si](C)(C)[Si](C)(C)[Si]3(C)C)C1. The van der Waals surface area contributed by atoms with Crippen LogP contribution in [-0.2, 0) is 16.3 Å². The van der Waals surface area contributed by atoms with Crippen LogP contribution in [0.1, 0.15) is 42.9 Å². The molecule has 4 rings (SSSR count). The normalized spacial score (nSPS) is 34.9. The van der Waals surface area contributed by atoms with Crippen LogP contribution in [0.15, 0.2) is 23.8 Å². The fraction of sp³-hybridized carbons (Fsp3) is 0.591. The number of fused-ring (bicyclic) bond motifs is 2. The van der Waals surface area contributed by atoms with Gasteiger partial charge in [-0.15, -0.1) is 0 Å². The first-order valence-corrected chi connectivity index (χ1v) is 21.5. The standard InChI is InChI=1S/C22H35NOSi3/c1-16-14-17-10-8-11-19(18(17)15-16)21-12-9-13-22(21,20(23)24)26(4,5)27(6,7)25(21,2)3/h8,10-11,15H,9,12-14H2,1-7H3,(H2,23,24). The first kappa shape index (κ1) is 19.4. The highest BCUT2D eigenvalue weighted by Gasteiger charge is 2.84. The Balaban J connectivity index is 2.15. The van der Waals surface area contributed by atoms with Crippen LogP contribution in [0.5, 0.6) is 0 Å².